The topological polar surface area (TPSA) is 60.1 Å². The first-order valence-corrected chi connectivity index (χ1v) is 7.03. The van der Waals surface area contributed by atoms with Crippen LogP contribution in [0.3, 0.4) is 0 Å². The van der Waals surface area contributed by atoms with E-state index in [4.69, 9.17) is 4.42 Å². The second-order valence-corrected chi connectivity index (χ2v) is 5.19. The third-order valence-electron chi connectivity index (χ3n) is 3.51. The summed E-state index contributed by atoms with van der Waals surface area (Å²) in [5, 5.41) is 2.99. The number of aryl methyl sites for hydroxylation is 2. The van der Waals surface area contributed by atoms with Crippen molar-refractivity contribution in [1.29, 1.82) is 0 Å². The smallest absolute Gasteiger partial charge is 0.287 e. The summed E-state index contributed by atoms with van der Waals surface area (Å²) < 4.78 is 7.06. The van der Waals surface area contributed by atoms with Gasteiger partial charge in [-0.05, 0) is 24.6 Å². The fourth-order valence-electron chi connectivity index (χ4n) is 2.41. The average Bonchev–Trinajstić information content (AvgIpc) is 3.16. The molecule has 3 aromatic rings. The van der Waals surface area contributed by atoms with Crippen molar-refractivity contribution in [3.63, 3.8) is 0 Å². The van der Waals surface area contributed by atoms with Crippen LogP contribution in [0.2, 0.25) is 0 Å². The standard InChI is InChI=1S/C17H17N3O2/c1-12-5-3-6-13(11-12)15(16-18-8-9-20(16)2)19-17(21)14-7-4-10-22-14/h3-11,15H,1-2H3,(H,19,21). The SMILES string of the molecule is Cc1cccc(C(NC(=O)c2ccco2)c2nccn2C)c1. The zero-order valence-electron chi connectivity index (χ0n) is 12.5. The van der Waals surface area contributed by atoms with Crippen LogP contribution in [-0.2, 0) is 7.05 Å². The summed E-state index contributed by atoms with van der Waals surface area (Å²) in [6, 6.07) is 11.0. The van der Waals surface area contributed by atoms with Crippen LogP contribution < -0.4 is 5.32 Å². The molecular formula is C17H17N3O2. The molecule has 1 atom stereocenters. The Morgan fingerprint density at radius 1 is 1.32 bits per heavy atom. The number of nitrogens with one attached hydrogen (secondary N) is 1. The molecule has 0 saturated heterocycles. The van der Waals surface area contributed by atoms with E-state index in [0.717, 1.165) is 17.0 Å². The molecule has 0 bridgehead atoms. The maximum Gasteiger partial charge on any atom is 0.287 e. The molecule has 0 saturated carbocycles. The molecule has 1 N–H and O–H groups in total. The van der Waals surface area contributed by atoms with Crippen LogP contribution in [0, 0.1) is 6.92 Å². The van der Waals surface area contributed by atoms with Crippen LogP contribution in [-0.4, -0.2) is 15.5 Å². The highest BCUT2D eigenvalue weighted by molar-refractivity contribution is 5.91. The highest BCUT2D eigenvalue weighted by Crippen LogP contribution is 2.22. The summed E-state index contributed by atoms with van der Waals surface area (Å²) in [6.07, 6.45) is 5.06. The van der Waals surface area contributed by atoms with Gasteiger partial charge in [0.2, 0.25) is 0 Å². The van der Waals surface area contributed by atoms with Crippen LogP contribution in [0.4, 0.5) is 0 Å². The molecule has 22 heavy (non-hydrogen) atoms. The van der Waals surface area contributed by atoms with Gasteiger partial charge in [0.05, 0.1) is 6.26 Å². The maximum atomic E-state index is 12.3. The lowest BCUT2D eigenvalue weighted by molar-refractivity contribution is 0.0913. The van der Waals surface area contributed by atoms with E-state index in [1.807, 2.05) is 49.0 Å². The van der Waals surface area contributed by atoms with E-state index in [9.17, 15) is 4.79 Å². The molecule has 0 aliphatic carbocycles. The van der Waals surface area contributed by atoms with Crippen molar-refractivity contribution in [3.05, 3.63) is 77.8 Å². The quantitative estimate of drug-likeness (QED) is 0.805. The van der Waals surface area contributed by atoms with E-state index >= 15 is 0 Å². The Labute approximate surface area is 128 Å². The van der Waals surface area contributed by atoms with Gasteiger partial charge in [0.15, 0.2) is 5.76 Å². The number of furan rings is 1. The zero-order valence-corrected chi connectivity index (χ0v) is 12.5. The van der Waals surface area contributed by atoms with Crippen molar-refractivity contribution in [2.75, 3.05) is 0 Å². The van der Waals surface area contributed by atoms with Gasteiger partial charge in [-0.15, -0.1) is 0 Å². The monoisotopic (exact) mass is 295 g/mol. The number of amides is 1. The van der Waals surface area contributed by atoms with Gasteiger partial charge >= 0.3 is 0 Å². The Morgan fingerprint density at radius 3 is 2.82 bits per heavy atom. The number of nitrogens with zero attached hydrogens (tertiary/aromatic N) is 2. The van der Waals surface area contributed by atoms with Gasteiger partial charge in [-0.25, -0.2) is 4.98 Å². The van der Waals surface area contributed by atoms with Crippen LogP contribution in [0.1, 0.15) is 33.5 Å². The first-order chi connectivity index (χ1) is 10.6. The lowest BCUT2D eigenvalue weighted by atomic mass is 10.0. The fourth-order valence-corrected chi connectivity index (χ4v) is 2.41. The Balaban J connectivity index is 1.97. The molecule has 112 valence electrons. The molecule has 1 amide bonds. The van der Waals surface area contributed by atoms with Gasteiger partial charge in [-0.2, -0.15) is 0 Å². The number of aromatic nitrogens is 2. The summed E-state index contributed by atoms with van der Waals surface area (Å²) in [4.78, 5) is 16.7. The molecule has 0 aliphatic rings. The average molecular weight is 295 g/mol. The maximum absolute atomic E-state index is 12.3. The summed E-state index contributed by atoms with van der Waals surface area (Å²) in [6.45, 7) is 2.02. The van der Waals surface area contributed by atoms with E-state index in [2.05, 4.69) is 10.3 Å². The number of carbonyl (C=O) groups is 1. The lowest BCUT2D eigenvalue weighted by Gasteiger charge is -2.19. The minimum Gasteiger partial charge on any atom is -0.459 e. The van der Waals surface area contributed by atoms with Crippen molar-refractivity contribution < 1.29 is 9.21 Å². The molecule has 3 rings (SSSR count). The van der Waals surface area contributed by atoms with E-state index < -0.39 is 0 Å². The Morgan fingerprint density at radius 2 is 2.18 bits per heavy atom. The number of hydrogen-bond acceptors (Lipinski definition) is 3. The molecule has 0 fully saturated rings. The molecule has 5 nitrogen and oxygen atoms in total. The predicted molar refractivity (Wildman–Crippen MR) is 82.4 cm³/mol. The van der Waals surface area contributed by atoms with Crippen molar-refractivity contribution in [2.24, 2.45) is 7.05 Å². The van der Waals surface area contributed by atoms with E-state index in [-0.39, 0.29) is 17.7 Å². The third kappa shape index (κ3) is 2.79. The molecule has 2 heterocycles. The molecule has 5 heteroatoms. The van der Waals surface area contributed by atoms with Gasteiger partial charge in [-0.3, -0.25) is 4.79 Å². The Bertz CT molecular complexity index is 775. The van der Waals surface area contributed by atoms with Gasteiger partial charge in [-0.1, -0.05) is 29.8 Å². The van der Waals surface area contributed by atoms with Gasteiger partial charge < -0.3 is 14.3 Å². The van der Waals surface area contributed by atoms with Crippen molar-refractivity contribution >= 4 is 5.91 Å². The molecule has 0 spiro atoms. The highest BCUT2D eigenvalue weighted by Gasteiger charge is 2.22. The second kappa shape index (κ2) is 5.89. The summed E-state index contributed by atoms with van der Waals surface area (Å²) in [7, 11) is 1.91. The first kappa shape index (κ1) is 14.1. The molecule has 1 unspecified atom stereocenters. The third-order valence-corrected chi connectivity index (χ3v) is 3.51. The minimum atomic E-state index is -0.336. The zero-order chi connectivity index (χ0) is 15.5. The predicted octanol–water partition coefficient (Wildman–Crippen LogP) is 2.84. The van der Waals surface area contributed by atoms with E-state index in [1.54, 1.807) is 18.3 Å². The van der Waals surface area contributed by atoms with Crippen LogP contribution >= 0.6 is 0 Å². The van der Waals surface area contributed by atoms with Gasteiger partial charge in [0, 0.05) is 19.4 Å². The van der Waals surface area contributed by atoms with Crippen molar-refractivity contribution in [1.82, 2.24) is 14.9 Å². The second-order valence-electron chi connectivity index (χ2n) is 5.19. The molecule has 0 aliphatic heterocycles. The van der Waals surface area contributed by atoms with E-state index in [1.165, 1.54) is 6.26 Å². The number of rotatable bonds is 4. The minimum absolute atomic E-state index is 0.264. The number of carbonyl (C=O) groups excluding carboxylic acids is 1. The summed E-state index contributed by atoms with van der Waals surface area (Å²) in [5.41, 5.74) is 2.11. The van der Waals surface area contributed by atoms with Crippen LogP contribution in [0.5, 0.6) is 0 Å². The molecule has 2 aromatic heterocycles. The summed E-state index contributed by atoms with van der Waals surface area (Å²) >= 11 is 0. The Hall–Kier alpha value is -2.82. The van der Waals surface area contributed by atoms with Gasteiger partial charge in [0.25, 0.3) is 5.91 Å². The van der Waals surface area contributed by atoms with Crippen LogP contribution in [0.25, 0.3) is 0 Å². The summed E-state index contributed by atoms with van der Waals surface area (Å²) in [5.74, 6) is 0.789. The normalized spacial score (nSPS) is 12.1. The molecule has 0 radical (unpaired) electrons. The van der Waals surface area contributed by atoms with Crippen molar-refractivity contribution in [3.8, 4) is 0 Å². The Kier molecular flexibility index (Phi) is 3.78. The molecular weight excluding hydrogens is 278 g/mol. The van der Waals surface area contributed by atoms with Crippen LogP contribution in [0.15, 0.2) is 59.5 Å². The fraction of sp³-hybridized carbons (Fsp3) is 0.176. The molecule has 1 aromatic carbocycles. The number of benzene rings is 1. The van der Waals surface area contributed by atoms with Gasteiger partial charge in [0.1, 0.15) is 11.9 Å². The van der Waals surface area contributed by atoms with Crippen molar-refractivity contribution in [2.45, 2.75) is 13.0 Å². The number of imidazole rings is 1. The van der Waals surface area contributed by atoms with E-state index in [0.29, 0.717) is 0 Å². The first-order valence-electron chi connectivity index (χ1n) is 7.03. The lowest BCUT2D eigenvalue weighted by Crippen LogP contribution is -2.30. The highest BCUT2D eigenvalue weighted by atomic mass is 16.3. The number of hydrogen-bond donors (Lipinski definition) is 1. The largest absolute Gasteiger partial charge is 0.459 e.